The Bertz CT molecular complexity index is 1730. The lowest BCUT2D eigenvalue weighted by molar-refractivity contribution is -0.209. The number of halogens is 3. The molecule has 0 radical (unpaired) electrons. The average molecular weight is 627 g/mol. The highest BCUT2D eigenvalue weighted by molar-refractivity contribution is 5.87. The third-order valence-electron chi connectivity index (χ3n) is 8.37. The van der Waals surface area contributed by atoms with Crippen LogP contribution in [0.2, 0.25) is 0 Å². The summed E-state index contributed by atoms with van der Waals surface area (Å²) in [5, 5.41) is 19.1. The fourth-order valence-corrected chi connectivity index (χ4v) is 6.06. The Morgan fingerprint density at radius 3 is 2.67 bits per heavy atom. The molecule has 45 heavy (non-hydrogen) atoms. The molecule has 1 aliphatic carbocycles. The molecular formula is C30H33F3N8O4. The first kappa shape index (κ1) is 30.5. The number of alkyl halides is 3. The monoisotopic (exact) mass is 626 g/mol. The SMILES string of the molecule is CCC(=O)N[C@H]1C[C@@H](n2cnc3c(NCc4cccc5ccccc45)nc(N4CC[C@@H](N)C4)nc32)[C@H](OC(=O)C(F)(F)F)[C@@H]1O. The molecule has 2 aromatic heterocycles. The number of aromatic nitrogens is 4. The van der Waals surface area contributed by atoms with Crippen molar-refractivity contribution in [1.82, 2.24) is 24.8 Å². The van der Waals surface area contributed by atoms with Crippen molar-refractivity contribution in [2.45, 2.75) is 69.2 Å². The highest BCUT2D eigenvalue weighted by Crippen LogP contribution is 2.38. The lowest BCUT2D eigenvalue weighted by Gasteiger charge is -2.25. The maximum Gasteiger partial charge on any atom is 0.490 e. The fourth-order valence-electron chi connectivity index (χ4n) is 6.06. The van der Waals surface area contributed by atoms with Crippen molar-refractivity contribution in [3.8, 4) is 0 Å². The van der Waals surface area contributed by atoms with Crippen molar-refractivity contribution in [3.05, 3.63) is 54.4 Å². The van der Waals surface area contributed by atoms with Crippen LogP contribution in [0.25, 0.3) is 21.9 Å². The van der Waals surface area contributed by atoms with E-state index in [2.05, 4.69) is 15.6 Å². The smallest absolute Gasteiger partial charge is 0.451 e. The zero-order chi connectivity index (χ0) is 31.9. The van der Waals surface area contributed by atoms with Gasteiger partial charge < -0.3 is 35.7 Å². The minimum atomic E-state index is -5.28. The Hall–Kier alpha value is -4.50. The molecular weight excluding hydrogens is 593 g/mol. The van der Waals surface area contributed by atoms with Gasteiger partial charge in [0.25, 0.3) is 0 Å². The van der Waals surface area contributed by atoms with Crippen LogP contribution >= 0.6 is 0 Å². The predicted molar refractivity (Wildman–Crippen MR) is 159 cm³/mol. The van der Waals surface area contributed by atoms with Crippen LogP contribution < -0.4 is 21.3 Å². The molecule has 15 heteroatoms. The van der Waals surface area contributed by atoms with Crippen LogP contribution in [0.1, 0.15) is 37.8 Å². The van der Waals surface area contributed by atoms with Gasteiger partial charge in [0.05, 0.1) is 18.4 Å². The number of hydrogen-bond acceptors (Lipinski definition) is 10. The maximum atomic E-state index is 13.3. The van der Waals surface area contributed by atoms with Crippen molar-refractivity contribution >= 4 is 45.6 Å². The van der Waals surface area contributed by atoms with E-state index in [-0.39, 0.29) is 24.5 Å². The summed E-state index contributed by atoms with van der Waals surface area (Å²) in [6, 6.07) is 11.8. The summed E-state index contributed by atoms with van der Waals surface area (Å²) in [5.41, 5.74) is 7.76. The molecule has 12 nitrogen and oxygen atoms in total. The van der Waals surface area contributed by atoms with Crippen molar-refractivity contribution in [3.63, 3.8) is 0 Å². The Morgan fingerprint density at radius 1 is 1.16 bits per heavy atom. The van der Waals surface area contributed by atoms with E-state index in [1.807, 2.05) is 47.4 Å². The van der Waals surface area contributed by atoms with E-state index in [9.17, 15) is 27.9 Å². The molecule has 2 aliphatic rings. The number of hydrogen-bond donors (Lipinski definition) is 4. The van der Waals surface area contributed by atoms with Gasteiger partial charge in [0.2, 0.25) is 11.9 Å². The molecule has 1 amide bonds. The number of ether oxygens (including phenoxy) is 1. The number of fused-ring (bicyclic) bond motifs is 2. The number of aliphatic hydroxyl groups excluding tert-OH is 1. The third kappa shape index (κ3) is 6.09. The van der Waals surface area contributed by atoms with E-state index in [1.165, 1.54) is 10.9 Å². The molecule has 6 rings (SSSR count). The van der Waals surface area contributed by atoms with E-state index >= 15 is 0 Å². The molecule has 1 aliphatic heterocycles. The summed E-state index contributed by atoms with van der Waals surface area (Å²) in [7, 11) is 0. The van der Waals surface area contributed by atoms with Gasteiger partial charge in [-0.25, -0.2) is 9.78 Å². The Balaban J connectivity index is 1.40. The molecule has 4 aromatic rings. The number of nitrogens with two attached hydrogens (primary N) is 1. The molecule has 1 saturated heterocycles. The molecule has 0 spiro atoms. The van der Waals surface area contributed by atoms with Gasteiger partial charge in [-0.3, -0.25) is 4.79 Å². The standard InChI is InChI=1S/C30H33F3N8O4/c1-2-22(42)37-20-12-21(25(24(20)43)45-28(44)30(31,32)33)41-15-36-23-26(38-29(39-27(23)41)40-11-10-18(34)14-40)35-13-17-8-5-7-16-6-3-4-9-19(16)17/h3-9,15,18,20-21,24-25,43H,2,10-14,34H2,1H3,(H,37,42)(H,35,38,39)/t18-,20+,21-,24-,25+/m1/s1. The molecule has 1 saturated carbocycles. The zero-order valence-electron chi connectivity index (χ0n) is 24.4. The Morgan fingerprint density at radius 2 is 1.93 bits per heavy atom. The molecule has 238 valence electrons. The van der Waals surface area contributed by atoms with E-state index in [0.29, 0.717) is 36.9 Å². The number of anilines is 2. The minimum absolute atomic E-state index is 0.0408. The number of nitrogens with zero attached hydrogens (tertiary/aromatic N) is 5. The van der Waals surface area contributed by atoms with Gasteiger partial charge in [0, 0.05) is 32.1 Å². The van der Waals surface area contributed by atoms with Crippen LogP contribution in [0.4, 0.5) is 24.9 Å². The average Bonchev–Trinajstić information content (AvgIpc) is 3.73. The summed E-state index contributed by atoms with van der Waals surface area (Å²) in [5.74, 6) is -2.12. The van der Waals surface area contributed by atoms with Crippen LogP contribution in [0.3, 0.4) is 0 Å². The molecule has 0 bridgehead atoms. The summed E-state index contributed by atoms with van der Waals surface area (Å²) < 4.78 is 46.1. The Labute approximate surface area is 255 Å². The molecule has 2 aromatic carbocycles. The fraction of sp³-hybridized carbons (Fsp3) is 0.433. The van der Waals surface area contributed by atoms with Crippen LogP contribution in [-0.4, -0.2) is 80.1 Å². The molecule has 3 heterocycles. The second kappa shape index (κ2) is 12.1. The molecule has 0 unspecified atom stereocenters. The van der Waals surface area contributed by atoms with Gasteiger partial charge in [0.1, 0.15) is 6.10 Å². The van der Waals surface area contributed by atoms with E-state index in [1.54, 1.807) is 6.92 Å². The molecule has 5 N–H and O–H groups in total. The number of imidazole rings is 1. The van der Waals surface area contributed by atoms with Crippen molar-refractivity contribution < 1.29 is 32.6 Å². The number of rotatable bonds is 8. The summed E-state index contributed by atoms with van der Waals surface area (Å²) in [6.45, 7) is 3.09. The van der Waals surface area contributed by atoms with E-state index in [0.717, 1.165) is 22.8 Å². The number of carbonyl (C=O) groups excluding carboxylic acids is 2. The van der Waals surface area contributed by atoms with Crippen LogP contribution in [0.5, 0.6) is 0 Å². The van der Waals surface area contributed by atoms with Crippen LogP contribution in [-0.2, 0) is 20.9 Å². The van der Waals surface area contributed by atoms with Gasteiger partial charge in [-0.1, -0.05) is 49.4 Å². The second-order valence-electron chi connectivity index (χ2n) is 11.4. The highest BCUT2D eigenvalue weighted by Gasteiger charge is 2.51. The van der Waals surface area contributed by atoms with Gasteiger partial charge in [-0.15, -0.1) is 0 Å². The van der Waals surface area contributed by atoms with Gasteiger partial charge in [-0.05, 0) is 29.2 Å². The van der Waals surface area contributed by atoms with E-state index < -0.39 is 42.3 Å². The first-order chi connectivity index (χ1) is 21.5. The normalized spacial score (nSPS) is 23.5. The number of amides is 1. The van der Waals surface area contributed by atoms with Gasteiger partial charge >= 0.3 is 12.1 Å². The lowest BCUT2D eigenvalue weighted by Crippen LogP contribution is -2.45. The summed E-state index contributed by atoms with van der Waals surface area (Å²) in [6.07, 6.45) is -6.40. The zero-order valence-corrected chi connectivity index (χ0v) is 24.4. The Kier molecular flexibility index (Phi) is 8.22. The number of aliphatic hydroxyl groups is 1. The number of carbonyl (C=O) groups is 2. The maximum absolute atomic E-state index is 13.3. The number of esters is 1. The quantitative estimate of drug-likeness (QED) is 0.214. The summed E-state index contributed by atoms with van der Waals surface area (Å²) in [4.78, 5) is 40.0. The van der Waals surface area contributed by atoms with Crippen molar-refractivity contribution in [2.24, 2.45) is 5.73 Å². The molecule has 2 fully saturated rings. The van der Waals surface area contributed by atoms with Crippen molar-refractivity contribution in [1.29, 1.82) is 0 Å². The van der Waals surface area contributed by atoms with Crippen molar-refractivity contribution in [2.75, 3.05) is 23.3 Å². The number of nitrogens with one attached hydrogen (secondary N) is 2. The summed E-state index contributed by atoms with van der Waals surface area (Å²) >= 11 is 0. The van der Waals surface area contributed by atoms with Crippen LogP contribution in [0.15, 0.2) is 48.8 Å². The second-order valence-corrected chi connectivity index (χ2v) is 11.4. The van der Waals surface area contributed by atoms with Crippen LogP contribution in [0, 0.1) is 0 Å². The van der Waals surface area contributed by atoms with Gasteiger partial charge in [-0.2, -0.15) is 23.1 Å². The highest BCUT2D eigenvalue weighted by atomic mass is 19.4. The third-order valence-corrected chi connectivity index (χ3v) is 8.37. The predicted octanol–water partition coefficient (Wildman–Crippen LogP) is 2.80. The minimum Gasteiger partial charge on any atom is -0.451 e. The first-order valence-electron chi connectivity index (χ1n) is 14.7. The number of benzene rings is 2. The first-order valence-corrected chi connectivity index (χ1v) is 14.7. The van der Waals surface area contributed by atoms with Gasteiger partial charge in [0.15, 0.2) is 23.1 Å². The topological polar surface area (TPSA) is 161 Å². The largest absolute Gasteiger partial charge is 0.490 e. The molecule has 5 atom stereocenters. The van der Waals surface area contributed by atoms with E-state index in [4.69, 9.17) is 20.4 Å². The lowest BCUT2D eigenvalue weighted by atomic mass is 10.0.